The molecule has 1 aliphatic heterocycles. The maximum Gasteiger partial charge on any atom is 0.232 e. The lowest BCUT2D eigenvalue weighted by molar-refractivity contribution is -0.133. The molecule has 3 heterocycles. The fourth-order valence-corrected chi connectivity index (χ4v) is 3.88. The zero-order chi connectivity index (χ0) is 20.5. The third-order valence-electron chi connectivity index (χ3n) is 5.46. The van der Waals surface area contributed by atoms with Crippen LogP contribution >= 0.6 is 0 Å². The molecule has 0 fully saturated rings. The lowest BCUT2D eigenvalue weighted by atomic mass is 9.98. The number of H-pyrrole nitrogens is 2. The number of hydrogen-bond acceptors (Lipinski definition) is 6. The molecule has 1 amide bonds. The van der Waals surface area contributed by atoms with Gasteiger partial charge in [0.25, 0.3) is 0 Å². The minimum Gasteiger partial charge on any atom is -0.332 e. The molecule has 9 heteroatoms. The van der Waals surface area contributed by atoms with Gasteiger partial charge in [-0.25, -0.2) is 0 Å². The maximum atomic E-state index is 13.2. The van der Waals surface area contributed by atoms with Crippen LogP contribution in [0.2, 0.25) is 0 Å². The number of carbonyl (C=O) groups excluding carboxylic acids is 1. The summed E-state index contributed by atoms with van der Waals surface area (Å²) >= 11 is 0. The molecule has 150 valence electrons. The summed E-state index contributed by atoms with van der Waals surface area (Å²) in [6.45, 7) is 1.29. The summed E-state index contributed by atoms with van der Waals surface area (Å²) in [6, 6.07) is 17.5. The van der Waals surface area contributed by atoms with E-state index in [4.69, 9.17) is 5.73 Å². The second-order valence-electron chi connectivity index (χ2n) is 7.24. The van der Waals surface area contributed by atoms with E-state index in [-0.39, 0.29) is 18.4 Å². The van der Waals surface area contributed by atoms with Gasteiger partial charge in [0.1, 0.15) is 0 Å². The number of aromatic nitrogens is 6. The van der Waals surface area contributed by atoms with Gasteiger partial charge in [-0.3, -0.25) is 9.89 Å². The minimum atomic E-state index is -0.346. The van der Waals surface area contributed by atoms with E-state index in [1.165, 1.54) is 0 Å². The molecule has 4 aromatic rings. The van der Waals surface area contributed by atoms with Gasteiger partial charge in [0.05, 0.1) is 30.4 Å². The van der Waals surface area contributed by atoms with Gasteiger partial charge in [0.2, 0.25) is 11.7 Å². The fourth-order valence-electron chi connectivity index (χ4n) is 3.88. The molecule has 1 atom stereocenters. The first-order valence-electron chi connectivity index (χ1n) is 9.68. The molecule has 1 aliphatic rings. The highest BCUT2D eigenvalue weighted by Gasteiger charge is 2.32. The Hall–Kier alpha value is -3.85. The number of aromatic amines is 2. The molecule has 5 rings (SSSR count). The van der Waals surface area contributed by atoms with E-state index in [0.29, 0.717) is 18.9 Å². The van der Waals surface area contributed by atoms with Crippen molar-refractivity contribution in [3.63, 3.8) is 0 Å². The lowest BCUT2D eigenvalue weighted by Crippen LogP contribution is -2.34. The van der Waals surface area contributed by atoms with Crippen LogP contribution in [0.1, 0.15) is 22.7 Å². The van der Waals surface area contributed by atoms with Gasteiger partial charge in [0, 0.05) is 23.2 Å². The predicted octanol–water partition coefficient (Wildman–Crippen LogP) is 1.84. The Morgan fingerprint density at radius 1 is 1.03 bits per heavy atom. The Labute approximate surface area is 172 Å². The first kappa shape index (κ1) is 18.2. The largest absolute Gasteiger partial charge is 0.332 e. The Kier molecular flexibility index (Phi) is 4.56. The second-order valence-corrected chi connectivity index (χ2v) is 7.24. The molecule has 0 radical (unpaired) electrons. The van der Waals surface area contributed by atoms with Crippen molar-refractivity contribution in [2.75, 3.05) is 6.54 Å². The van der Waals surface area contributed by atoms with Gasteiger partial charge >= 0.3 is 0 Å². The Bertz CT molecular complexity index is 1150. The Morgan fingerprint density at radius 2 is 1.80 bits per heavy atom. The summed E-state index contributed by atoms with van der Waals surface area (Å²) in [4.78, 5) is 15.0. The highest BCUT2D eigenvalue weighted by molar-refractivity contribution is 5.85. The van der Waals surface area contributed by atoms with Crippen molar-refractivity contribution in [3.05, 3.63) is 71.4 Å². The maximum absolute atomic E-state index is 13.2. The van der Waals surface area contributed by atoms with Crippen molar-refractivity contribution in [1.29, 1.82) is 0 Å². The number of rotatable bonds is 5. The number of amides is 1. The summed E-state index contributed by atoms with van der Waals surface area (Å²) in [7, 11) is 0. The second kappa shape index (κ2) is 7.53. The van der Waals surface area contributed by atoms with Crippen LogP contribution in [0.15, 0.2) is 54.6 Å². The molecular formula is C21H20N8O. The van der Waals surface area contributed by atoms with Gasteiger partial charge in [-0.1, -0.05) is 54.6 Å². The number of nitrogens with two attached hydrogens (primary N) is 1. The number of hydrogen-bond donors (Lipinski definition) is 3. The summed E-state index contributed by atoms with van der Waals surface area (Å²) in [5, 5.41) is 21.6. The van der Waals surface area contributed by atoms with Crippen LogP contribution in [-0.2, 0) is 17.9 Å². The van der Waals surface area contributed by atoms with E-state index < -0.39 is 0 Å². The third-order valence-corrected chi connectivity index (χ3v) is 5.46. The fraction of sp³-hybridized carbons (Fsp3) is 0.190. The van der Waals surface area contributed by atoms with Crippen LogP contribution in [0.4, 0.5) is 0 Å². The molecular weight excluding hydrogens is 380 g/mol. The van der Waals surface area contributed by atoms with Gasteiger partial charge in [-0.05, 0) is 10.8 Å². The summed E-state index contributed by atoms with van der Waals surface area (Å²) in [6.07, 6.45) is 0. The van der Waals surface area contributed by atoms with Crippen LogP contribution in [0, 0.1) is 0 Å². The zero-order valence-corrected chi connectivity index (χ0v) is 16.1. The van der Waals surface area contributed by atoms with Crippen molar-refractivity contribution in [2.24, 2.45) is 5.73 Å². The van der Waals surface area contributed by atoms with Gasteiger partial charge in [0.15, 0.2) is 0 Å². The number of nitrogens with zero attached hydrogens (tertiary/aromatic N) is 5. The number of fused-ring (bicyclic) bond motifs is 1. The average Bonchev–Trinajstić information content (AvgIpc) is 3.52. The van der Waals surface area contributed by atoms with Crippen LogP contribution in [0.5, 0.6) is 0 Å². The highest BCUT2D eigenvalue weighted by atomic mass is 16.2. The SMILES string of the molecule is NCC(C(=O)N1Cc2[nH]nc(-c3ccc(-c4nn[nH]n4)cc3)c2C1)c1ccccc1. The molecule has 30 heavy (non-hydrogen) atoms. The van der Waals surface area contributed by atoms with E-state index in [9.17, 15) is 4.79 Å². The number of nitrogens with one attached hydrogen (secondary N) is 2. The topological polar surface area (TPSA) is 129 Å². The Morgan fingerprint density at radius 3 is 2.50 bits per heavy atom. The molecule has 2 aromatic heterocycles. The monoisotopic (exact) mass is 400 g/mol. The van der Waals surface area contributed by atoms with Crippen molar-refractivity contribution < 1.29 is 4.79 Å². The first-order valence-corrected chi connectivity index (χ1v) is 9.68. The quantitative estimate of drug-likeness (QED) is 0.469. The van der Waals surface area contributed by atoms with Crippen LogP contribution in [0.3, 0.4) is 0 Å². The zero-order valence-electron chi connectivity index (χ0n) is 16.1. The van der Waals surface area contributed by atoms with Crippen molar-refractivity contribution in [1.82, 2.24) is 35.7 Å². The molecule has 1 unspecified atom stereocenters. The predicted molar refractivity (Wildman–Crippen MR) is 110 cm³/mol. The van der Waals surface area contributed by atoms with Gasteiger partial charge in [-0.2, -0.15) is 10.3 Å². The molecule has 0 saturated carbocycles. The van der Waals surface area contributed by atoms with Crippen molar-refractivity contribution in [3.8, 4) is 22.6 Å². The first-order chi connectivity index (χ1) is 14.7. The number of carbonyl (C=O) groups is 1. The normalized spacial score (nSPS) is 14.0. The van der Waals surface area contributed by atoms with E-state index in [0.717, 1.165) is 33.6 Å². The molecule has 4 N–H and O–H groups in total. The summed E-state index contributed by atoms with van der Waals surface area (Å²) < 4.78 is 0. The van der Waals surface area contributed by atoms with E-state index >= 15 is 0 Å². The van der Waals surface area contributed by atoms with Gasteiger partial charge < -0.3 is 10.6 Å². The molecule has 0 spiro atoms. The van der Waals surface area contributed by atoms with E-state index in [1.807, 2.05) is 59.5 Å². The molecule has 2 aromatic carbocycles. The summed E-state index contributed by atoms with van der Waals surface area (Å²) in [5.41, 5.74) is 11.6. The Balaban J connectivity index is 1.37. The molecule has 0 saturated heterocycles. The van der Waals surface area contributed by atoms with E-state index in [1.54, 1.807) is 0 Å². The van der Waals surface area contributed by atoms with Crippen LogP contribution in [-0.4, -0.2) is 48.2 Å². The van der Waals surface area contributed by atoms with Gasteiger partial charge in [-0.15, -0.1) is 10.2 Å². The summed E-state index contributed by atoms with van der Waals surface area (Å²) in [5.74, 6) is 0.229. The molecule has 9 nitrogen and oxygen atoms in total. The number of tetrazole rings is 1. The average molecular weight is 400 g/mol. The molecule has 0 aliphatic carbocycles. The molecule has 0 bridgehead atoms. The van der Waals surface area contributed by atoms with Crippen LogP contribution in [0.25, 0.3) is 22.6 Å². The standard InChI is InChI=1S/C21H20N8O/c22-10-16(13-4-2-1-3-5-13)21(30)29-11-17-18(12-29)23-24-19(17)14-6-8-15(9-7-14)20-25-27-28-26-20/h1-9,16H,10-12,22H2,(H,23,24)(H,25,26,27,28). The minimum absolute atomic E-state index is 0.0340. The smallest absolute Gasteiger partial charge is 0.232 e. The number of benzene rings is 2. The van der Waals surface area contributed by atoms with E-state index in [2.05, 4.69) is 30.8 Å². The van der Waals surface area contributed by atoms with Crippen molar-refractivity contribution in [2.45, 2.75) is 19.0 Å². The van der Waals surface area contributed by atoms with Crippen LogP contribution < -0.4 is 5.73 Å². The lowest BCUT2D eigenvalue weighted by Gasteiger charge is -2.22. The highest BCUT2D eigenvalue weighted by Crippen LogP contribution is 2.33. The van der Waals surface area contributed by atoms with Crippen molar-refractivity contribution >= 4 is 5.91 Å². The third kappa shape index (κ3) is 3.15.